The number of H-pyrrole nitrogens is 1. The van der Waals surface area contributed by atoms with Crippen LogP contribution in [0, 0.1) is 17.8 Å². The molecule has 19 N–H and O–H groups in total. The lowest BCUT2D eigenvalue weighted by atomic mass is 9.80. The van der Waals surface area contributed by atoms with E-state index in [2.05, 4.69) is 53.0 Å². The van der Waals surface area contributed by atoms with Gasteiger partial charge >= 0.3 is 18.2 Å². The summed E-state index contributed by atoms with van der Waals surface area (Å²) in [5.74, 6) is -15.9. The second kappa shape index (κ2) is 43.7. The number of rotatable bonds is 31. The van der Waals surface area contributed by atoms with Gasteiger partial charge in [0.25, 0.3) is 5.91 Å². The highest BCUT2D eigenvalue weighted by Crippen LogP contribution is 2.34. The van der Waals surface area contributed by atoms with Crippen LogP contribution in [0.5, 0.6) is 11.5 Å². The van der Waals surface area contributed by atoms with Crippen LogP contribution in [0.15, 0.2) is 41.4 Å². The molecule has 12 amide bonds. The molecule has 7 rings (SSSR count). The Morgan fingerprint density at radius 1 is 0.757 bits per heavy atom. The number of aliphatic carboxylic acids is 1. The summed E-state index contributed by atoms with van der Waals surface area (Å²) in [6, 6.07) is -1.56. The topological polar surface area (TPSA) is 602 Å². The number of benzene rings is 2. The molecule has 1 aromatic heterocycles. The minimum atomic E-state index is -2.48. The Hall–Kier alpha value is -9.92. The maximum absolute atomic E-state index is 15.2. The predicted molar refractivity (Wildman–Crippen MR) is 401 cm³/mol. The van der Waals surface area contributed by atoms with Crippen LogP contribution >= 0.6 is 0 Å². The van der Waals surface area contributed by atoms with E-state index in [9.17, 15) is 98.1 Å². The molecule has 638 valence electrons. The van der Waals surface area contributed by atoms with Gasteiger partial charge < -0.3 is 127 Å². The first kappa shape index (κ1) is 92.3. The van der Waals surface area contributed by atoms with Crippen molar-refractivity contribution in [3.05, 3.63) is 53.1 Å². The summed E-state index contributed by atoms with van der Waals surface area (Å²) in [6.45, 7) is 7.02. The van der Waals surface area contributed by atoms with Crippen LogP contribution < -0.4 is 63.2 Å². The summed E-state index contributed by atoms with van der Waals surface area (Å²) in [5, 5.41) is 93.5. The summed E-state index contributed by atoms with van der Waals surface area (Å²) in [5.41, 5.74) is 7.49. The van der Waals surface area contributed by atoms with Crippen molar-refractivity contribution in [3.63, 3.8) is 0 Å². The number of aliphatic hydroxyl groups excluding tert-OH is 6. The van der Waals surface area contributed by atoms with Crippen molar-refractivity contribution >= 4 is 98.9 Å². The van der Waals surface area contributed by atoms with Crippen molar-refractivity contribution in [2.45, 2.75) is 189 Å². The zero-order valence-electron chi connectivity index (χ0n) is 65.0. The molecule has 1 unspecified atom stereocenters. The van der Waals surface area contributed by atoms with Gasteiger partial charge in [0.1, 0.15) is 83.3 Å². The lowest BCUT2D eigenvalue weighted by molar-refractivity contribution is -0.174. The summed E-state index contributed by atoms with van der Waals surface area (Å²) in [4.78, 5) is 188. The van der Waals surface area contributed by atoms with Crippen LogP contribution in [0.25, 0.3) is 10.9 Å². The number of nitrogens with two attached hydrogens (primary N) is 1. The Morgan fingerprint density at radius 2 is 1.44 bits per heavy atom. The highest BCUT2D eigenvalue weighted by atomic mass is 32.2. The van der Waals surface area contributed by atoms with E-state index in [-0.39, 0.29) is 97.9 Å². The van der Waals surface area contributed by atoms with E-state index in [0.717, 1.165) is 4.90 Å². The number of nitrogens with one attached hydrogen (secondary N) is 10. The second-order valence-corrected chi connectivity index (χ2v) is 30.9. The Labute approximate surface area is 663 Å². The molecule has 1 saturated heterocycles. The van der Waals surface area contributed by atoms with E-state index in [0.29, 0.717) is 37.7 Å². The number of unbranched alkanes of at least 4 members (excludes halogenated alkanes) is 3. The second-order valence-electron chi connectivity index (χ2n) is 29.4. The van der Waals surface area contributed by atoms with E-state index < -0.39 is 242 Å². The number of hydroxylamine groups is 1. The van der Waals surface area contributed by atoms with Gasteiger partial charge in [-0.25, -0.2) is 9.59 Å². The van der Waals surface area contributed by atoms with E-state index in [1.54, 1.807) is 46.8 Å². The smallest absolute Gasteiger partial charge is 0.431 e. The quantitative estimate of drug-likeness (QED) is 0.0214. The number of hydrogen-bond donors (Lipinski definition) is 18. The molecule has 0 radical (unpaired) electrons. The van der Waals surface area contributed by atoms with Gasteiger partial charge in [-0.1, -0.05) is 46.1 Å². The van der Waals surface area contributed by atoms with Crippen LogP contribution in [0.1, 0.15) is 114 Å². The van der Waals surface area contributed by atoms with Gasteiger partial charge in [0.05, 0.1) is 118 Å². The van der Waals surface area contributed by atoms with Crippen LogP contribution in [-0.4, -0.2) is 302 Å². The van der Waals surface area contributed by atoms with Crippen LogP contribution in [-0.2, 0) is 95.6 Å². The van der Waals surface area contributed by atoms with Gasteiger partial charge in [0, 0.05) is 63.3 Å². The molecule has 3 aliphatic heterocycles. The van der Waals surface area contributed by atoms with Crippen LogP contribution in [0.2, 0.25) is 0 Å². The first-order valence-electron chi connectivity index (χ1n) is 37.7. The lowest BCUT2D eigenvalue weighted by Crippen LogP contribution is -2.62. The maximum Gasteiger partial charge on any atom is 0.431 e. The number of nitrogens with zero attached hydrogens (tertiary/aromatic N) is 2. The number of carboxylic acids is 1. The third-order valence-electron chi connectivity index (χ3n) is 19.5. The SMILES string of the molecule is CC[C@H](C)[C@@H]1NC(=O)CNC(=O)[C@@H]2Cc3c([nH]c4cc(OCCCCCCN(C)C(=O)OCc5ccc(O[C@@H]6C[C@H](C(=O)O)[C@@H](O)[C@H](O)[C@H]6O)c(C(=O)NCCOCCOCCONC(=O)OC(C)(C)C)c5)ccc34)S(=O)C[C@H](NC(=O)CNC1=O)C(=O)N[C@@H](CC(N)=O)C(=O)N1C[C@H](O)C[C@H]1C(=O)N[C@@H]([C@@H](C)[C@@H](O)CO)C(=O)N2. The summed E-state index contributed by atoms with van der Waals surface area (Å²) >= 11 is 0. The molecule has 2 bridgehead atoms. The molecule has 4 heterocycles. The molecule has 16 atom stereocenters. The number of aliphatic hydroxyl groups is 6. The molecule has 4 aliphatic rings. The number of carboxylic acid groups (broad SMARTS) is 1. The van der Waals surface area contributed by atoms with Gasteiger partial charge in [-0.3, -0.25) is 61.8 Å². The molecule has 115 heavy (non-hydrogen) atoms. The fourth-order valence-electron chi connectivity index (χ4n) is 13.0. The number of amides is 12. The number of hydrogen-bond acceptors (Lipinski definition) is 27. The third kappa shape index (κ3) is 27.1. The van der Waals surface area contributed by atoms with Crippen molar-refractivity contribution in [1.82, 2.24) is 62.8 Å². The van der Waals surface area contributed by atoms with E-state index in [4.69, 9.17) is 39.0 Å². The molecular weight excluding hydrogens is 1540 g/mol. The highest BCUT2D eigenvalue weighted by Gasteiger charge is 2.49. The van der Waals surface area contributed by atoms with Crippen molar-refractivity contribution in [3.8, 4) is 11.5 Å². The first-order valence-corrected chi connectivity index (χ1v) is 39.1. The van der Waals surface area contributed by atoms with E-state index in [1.165, 1.54) is 43.1 Å². The molecule has 1 saturated carbocycles. The molecule has 41 nitrogen and oxygen atoms in total. The van der Waals surface area contributed by atoms with Crippen molar-refractivity contribution in [1.29, 1.82) is 0 Å². The highest BCUT2D eigenvalue weighted by molar-refractivity contribution is 7.85. The number of primary amides is 1. The number of aromatic nitrogens is 1. The maximum atomic E-state index is 15.2. The van der Waals surface area contributed by atoms with Crippen molar-refractivity contribution < 1.29 is 136 Å². The minimum Gasteiger partial charge on any atom is -0.494 e. The summed E-state index contributed by atoms with van der Waals surface area (Å²) < 4.78 is 49.0. The average Bonchev–Trinajstić information content (AvgIpc) is 1.59. The molecule has 42 heteroatoms. The fraction of sp³-hybridized carbons (Fsp3) is 0.630. The monoisotopic (exact) mass is 1650 g/mol. The summed E-state index contributed by atoms with van der Waals surface area (Å²) in [6.07, 6.45) is -11.3. The Bertz CT molecular complexity index is 3960. The molecule has 3 aromatic rings. The minimum absolute atomic E-state index is 0.0157. The Kier molecular flexibility index (Phi) is 35.1. The van der Waals surface area contributed by atoms with Gasteiger partial charge in [0.2, 0.25) is 53.2 Å². The van der Waals surface area contributed by atoms with Crippen LogP contribution in [0.4, 0.5) is 9.59 Å². The lowest BCUT2D eigenvalue weighted by Gasteiger charge is -2.38. The zero-order chi connectivity index (χ0) is 84.5. The van der Waals surface area contributed by atoms with E-state index >= 15 is 4.21 Å². The Morgan fingerprint density at radius 3 is 2.13 bits per heavy atom. The van der Waals surface area contributed by atoms with Gasteiger partial charge in [0.15, 0.2) is 0 Å². The fourth-order valence-corrected chi connectivity index (χ4v) is 14.3. The number of aromatic amines is 1. The molecular formula is C73H107N13O28S. The van der Waals surface area contributed by atoms with Crippen molar-refractivity contribution in [2.75, 3.05) is 91.8 Å². The standard InChI is InChI=1S/C73H107N13O28S/c1-8-37(2)57-66(100)77-31-55(91)78-49-36-115(107)68-43(28-47(63(97)76-32-56(92)82-57)79-67(101)58(38(3)51(89)34-87)83-65(99)50-26-40(88)33-86(50)69(102)48(30-54(74)90)80-64(49)98)42-15-14-41(27-46(42)81-68)110-19-12-10-9-11-18-85(7)72(106)111-35-39-13-16-52(113-53-29-45(70(103)104)59(93)61(95)60(53)94)44(25-39)62(96)75-17-20-108-21-22-109-23-24-112-84-71(105)114-73(4,5)6/h13-16,25,27,37-38,40,45,47-51,53,57-61,81,87-89,93-95H,8-12,17-24,26,28-36H2,1-7H3,(H2,74,90)(H,75,96)(H,76,97)(H,77,100)(H,78,91)(H,79,101)(H,80,98)(H,82,92)(H,83,99)(H,84,105)(H,103,104)/t37-,38-,40+,45-,47-,48-,49-,50-,51-,53+,57-,58-,59+,60-,61-,115?/m0/s1. The van der Waals surface area contributed by atoms with Crippen molar-refractivity contribution in [2.24, 2.45) is 23.5 Å². The molecule has 2 aromatic carbocycles. The van der Waals surface area contributed by atoms with Gasteiger partial charge in [-0.2, -0.15) is 5.48 Å². The van der Waals surface area contributed by atoms with Gasteiger partial charge in [-0.15, -0.1) is 0 Å². The Balaban J connectivity index is 1.04. The predicted octanol–water partition coefficient (Wildman–Crippen LogP) is -4.26. The largest absolute Gasteiger partial charge is 0.494 e. The average molecular weight is 1650 g/mol. The summed E-state index contributed by atoms with van der Waals surface area (Å²) in [7, 11) is -0.960. The zero-order valence-corrected chi connectivity index (χ0v) is 65.8. The number of carbonyl (C=O) groups is 13. The third-order valence-corrected chi connectivity index (χ3v) is 20.9. The number of fused-ring (bicyclic) bond motifs is 5. The first-order chi connectivity index (χ1) is 54.5. The van der Waals surface area contributed by atoms with Gasteiger partial charge in [-0.05, 0) is 74.9 Å². The molecule has 1 aliphatic carbocycles. The molecule has 0 spiro atoms. The normalized spacial score (nSPS) is 25.0. The number of carbonyl (C=O) groups excluding carboxylic acids is 12. The van der Waals surface area contributed by atoms with Crippen LogP contribution in [0.3, 0.4) is 0 Å². The number of ether oxygens (including phenoxy) is 6. The molecule has 2 fully saturated rings. The van der Waals surface area contributed by atoms with E-state index in [1.807, 2.05) is 0 Å².